The Balaban J connectivity index is 3.76. The second-order valence-corrected chi connectivity index (χ2v) is 7.14. The third kappa shape index (κ3) is 14.2. The Bertz CT molecular complexity index is 340. The molecule has 0 saturated carbocycles. The standard InChI is InChI=1S/C17H35N3O3/c1-5-6-7-11-16(21)19-12-9-8-10-15(17(22)23)18-13-14-20(2,3)4/h15,18H,5-14H2,1-4H3,(H-,19,21,22,23)/t15-/m0/s1. The van der Waals surface area contributed by atoms with Crippen LogP contribution in [0.3, 0.4) is 0 Å². The van der Waals surface area contributed by atoms with Gasteiger partial charge in [-0.15, -0.1) is 0 Å². The fourth-order valence-electron chi connectivity index (χ4n) is 2.20. The van der Waals surface area contributed by atoms with Gasteiger partial charge in [-0.05, 0) is 25.7 Å². The summed E-state index contributed by atoms with van der Waals surface area (Å²) in [7, 11) is 6.21. The number of carbonyl (C=O) groups is 2. The Morgan fingerprint density at radius 2 is 1.74 bits per heavy atom. The average molecular weight is 329 g/mol. The summed E-state index contributed by atoms with van der Waals surface area (Å²) < 4.78 is 0.789. The number of carboxylic acids is 1. The molecule has 6 heteroatoms. The first-order valence-corrected chi connectivity index (χ1v) is 8.77. The van der Waals surface area contributed by atoms with Crippen LogP contribution >= 0.6 is 0 Å². The van der Waals surface area contributed by atoms with Gasteiger partial charge >= 0.3 is 0 Å². The molecule has 0 aromatic rings. The van der Waals surface area contributed by atoms with Crippen LogP contribution in [0.4, 0.5) is 0 Å². The van der Waals surface area contributed by atoms with Crippen LogP contribution in [0, 0.1) is 0 Å². The van der Waals surface area contributed by atoms with Crippen LogP contribution in [0.1, 0.15) is 51.9 Å². The second kappa shape index (κ2) is 12.3. The van der Waals surface area contributed by atoms with Crippen molar-refractivity contribution in [2.24, 2.45) is 0 Å². The molecule has 0 saturated heterocycles. The highest BCUT2D eigenvalue weighted by atomic mass is 16.4. The Labute approximate surface area is 141 Å². The van der Waals surface area contributed by atoms with Crippen molar-refractivity contribution in [1.29, 1.82) is 0 Å². The van der Waals surface area contributed by atoms with E-state index in [-0.39, 0.29) is 5.91 Å². The van der Waals surface area contributed by atoms with E-state index in [1.54, 1.807) is 0 Å². The van der Waals surface area contributed by atoms with Crippen LogP contribution in [0.15, 0.2) is 0 Å². The zero-order valence-electron chi connectivity index (χ0n) is 15.3. The lowest BCUT2D eigenvalue weighted by molar-refractivity contribution is -0.869. The summed E-state index contributed by atoms with van der Waals surface area (Å²) >= 11 is 0. The number of unbranched alkanes of at least 4 members (excludes halogenated alkanes) is 3. The molecule has 6 nitrogen and oxygen atoms in total. The number of nitrogens with zero attached hydrogens (tertiary/aromatic N) is 1. The van der Waals surface area contributed by atoms with E-state index in [0.717, 1.165) is 43.1 Å². The fraction of sp³-hybridized carbons (Fsp3) is 0.882. The van der Waals surface area contributed by atoms with Crippen LogP contribution < -0.4 is 15.7 Å². The Morgan fingerprint density at radius 1 is 1.04 bits per heavy atom. The molecule has 0 fully saturated rings. The second-order valence-electron chi connectivity index (χ2n) is 7.14. The van der Waals surface area contributed by atoms with Crippen molar-refractivity contribution in [1.82, 2.24) is 10.6 Å². The van der Waals surface area contributed by atoms with Gasteiger partial charge in [0.1, 0.15) is 0 Å². The summed E-state index contributed by atoms with van der Waals surface area (Å²) in [6.45, 7) is 4.23. The number of nitrogens with one attached hydrogen (secondary N) is 2. The molecule has 0 heterocycles. The summed E-state index contributed by atoms with van der Waals surface area (Å²) in [5.74, 6) is -0.953. The minimum absolute atomic E-state index is 0.0935. The van der Waals surface area contributed by atoms with Gasteiger partial charge in [0.15, 0.2) is 0 Å². The van der Waals surface area contributed by atoms with E-state index in [4.69, 9.17) is 0 Å². The van der Waals surface area contributed by atoms with Gasteiger partial charge in [0.05, 0.1) is 33.7 Å². The number of hydrogen-bond acceptors (Lipinski definition) is 4. The third-order valence-corrected chi connectivity index (χ3v) is 3.71. The van der Waals surface area contributed by atoms with Crippen molar-refractivity contribution < 1.29 is 19.2 Å². The molecule has 0 aromatic heterocycles. The Morgan fingerprint density at radius 3 is 2.30 bits per heavy atom. The number of carboxylic acid groups (broad SMARTS) is 1. The van der Waals surface area contributed by atoms with E-state index < -0.39 is 12.0 Å². The number of likely N-dealkylation sites (N-methyl/N-ethyl adjacent to an activating group) is 1. The maximum atomic E-state index is 11.5. The molecule has 0 aliphatic carbocycles. The highest BCUT2D eigenvalue weighted by molar-refractivity contribution is 5.75. The number of hydrogen-bond donors (Lipinski definition) is 2. The number of amides is 1. The number of rotatable bonds is 14. The van der Waals surface area contributed by atoms with Gasteiger partial charge in [-0.1, -0.05) is 19.8 Å². The van der Waals surface area contributed by atoms with Gasteiger partial charge < -0.3 is 25.0 Å². The first kappa shape index (κ1) is 21.9. The summed E-state index contributed by atoms with van der Waals surface area (Å²) in [5.41, 5.74) is 0. The third-order valence-electron chi connectivity index (χ3n) is 3.71. The molecule has 0 aliphatic heterocycles. The number of carbonyl (C=O) groups excluding carboxylic acids is 2. The van der Waals surface area contributed by atoms with Crippen molar-refractivity contribution in [2.45, 2.75) is 57.9 Å². The SMILES string of the molecule is CCCCCC(=O)NCCCC[C@H](NCC[N+](C)(C)C)C(=O)[O-]. The van der Waals surface area contributed by atoms with Gasteiger partial charge in [0.25, 0.3) is 0 Å². The smallest absolute Gasteiger partial charge is 0.219 e. The molecule has 0 aliphatic rings. The lowest BCUT2D eigenvalue weighted by atomic mass is 10.1. The molecule has 136 valence electrons. The molecule has 1 amide bonds. The predicted octanol–water partition coefficient (Wildman–Crippen LogP) is 0.268. The lowest BCUT2D eigenvalue weighted by Gasteiger charge is -2.26. The predicted molar refractivity (Wildman–Crippen MR) is 90.7 cm³/mol. The van der Waals surface area contributed by atoms with E-state index >= 15 is 0 Å². The quantitative estimate of drug-likeness (QED) is 0.354. The largest absolute Gasteiger partial charge is 0.548 e. The van der Waals surface area contributed by atoms with Gasteiger partial charge in [-0.2, -0.15) is 0 Å². The lowest BCUT2D eigenvalue weighted by Crippen LogP contribution is -2.49. The molecule has 1 atom stereocenters. The highest BCUT2D eigenvalue weighted by Gasteiger charge is 2.12. The van der Waals surface area contributed by atoms with Crippen molar-refractivity contribution in [3.05, 3.63) is 0 Å². The first-order chi connectivity index (χ1) is 10.8. The van der Waals surface area contributed by atoms with Crippen LogP contribution in [0.25, 0.3) is 0 Å². The van der Waals surface area contributed by atoms with Gasteiger partial charge in [-0.3, -0.25) is 4.79 Å². The summed E-state index contributed by atoms with van der Waals surface area (Å²) in [6, 6.07) is -0.609. The number of quaternary nitrogens is 1. The van der Waals surface area contributed by atoms with Gasteiger partial charge in [0.2, 0.25) is 5.91 Å². The van der Waals surface area contributed by atoms with E-state index in [9.17, 15) is 14.7 Å². The van der Waals surface area contributed by atoms with E-state index in [1.807, 2.05) is 0 Å². The van der Waals surface area contributed by atoms with Crippen LogP contribution in [0.5, 0.6) is 0 Å². The normalized spacial score (nSPS) is 12.9. The van der Waals surface area contributed by atoms with Crippen molar-refractivity contribution in [2.75, 3.05) is 40.8 Å². The Hall–Kier alpha value is -1.14. The van der Waals surface area contributed by atoms with Crippen molar-refractivity contribution >= 4 is 11.9 Å². The Kier molecular flexibility index (Phi) is 11.7. The molecule has 23 heavy (non-hydrogen) atoms. The maximum Gasteiger partial charge on any atom is 0.219 e. The molecular weight excluding hydrogens is 294 g/mol. The van der Waals surface area contributed by atoms with E-state index in [1.165, 1.54) is 0 Å². The summed E-state index contributed by atoms with van der Waals surface area (Å²) in [6.07, 6.45) is 5.79. The fourth-order valence-corrected chi connectivity index (χ4v) is 2.20. The molecule has 0 bridgehead atoms. The topological polar surface area (TPSA) is 81.3 Å². The van der Waals surface area contributed by atoms with Crippen LogP contribution in [-0.4, -0.2) is 63.2 Å². The molecule has 0 rings (SSSR count). The zero-order chi connectivity index (χ0) is 17.7. The molecule has 0 radical (unpaired) electrons. The average Bonchev–Trinajstić information content (AvgIpc) is 2.43. The maximum absolute atomic E-state index is 11.5. The molecule has 0 spiro atoms. The molecule has 0 aromatic carbocycles. The molecule has 2 N–H and O–H groups in total. The minimum Gasteiger partial charge on any atom is -0.548 e. The van der Waals surface area contributed by atoms with Gasteiger partial charge in [-0.25, -0.2) is 0 Å². The van der Waals surface area contributed by atoms with E-state index in [0.29, 0.717) is 25.9 Å². The van der Waals surface area contributed by atoms with Crippen LogP contribution in [-0.2, 0) is 9.59 Å². The number of aliphatic carboxylic acids is 1. The monoisotopic (exact) mass is 329 g/mol. The van der Waals surface area contributed by atoms with Crippen molar-refractivity contribution in [3.8, 4) is 0 Å². The highest BCUT2D eigenvalue weighted by Crippen LogP contribution is 2.02. The van der Waals surface area contributed by atoms with Gasteiger partial charge in [0, 0.05) is 25.6 Å². The van der Waals surface area contributed by atoms with E-state index in [2.05, 4.69) is 38.7 Å². The summed E-state index contributed by atoms with van der Waals surface area (Å²) in [5, 5.41) is 17.1. The minimum atomic E-state index is -1.05. The van der Waals surface area contributed by atoms with Crippen molar-refractivity contribution in [3.63, 3.8) is 0 Å². The summed E-state index contributed by atoms with van der Waals surface area (Å²) in [4.78, 5) is 22.7. The molecular formula is C17H35N3O3. The first-order valence-electron chi connectivity index (χ1n) is 8.77. The zero-order valence-corrected chi connectivity index (χ0v) is 15.3. The van der Waals surface area contributed by atoms with Crippen LogP contribution in [0.2, 0.25) is 0 Å². The molecule has 0 unspecified atom stereocenters.